The fourth-order valence-corrected chi connectivity index (χ4v) is 4.51. The van der Waals surface area contributed by atoms with Gasteiger partial charge in [-0.2, -0.15) is 0 Å². The lowest BCUT2D eigenvalue weighted by Gasteiger charge is -2.47. The number of halogens is 2. The Bertz CT molecular complexity index is 1100. The fourth-order valence-electron chi connectivity index (χ4n) is 4.51. The summed E-state index contributed by atoms with van der Waals surface area (Å²) in [6.45, 7) is 0.367. The molecule has 4 rings (SSSR count). The lowest BCUT2D eigenvalue weighted by atomic mass is 9.78. The maximum absolute atomic E-state index is 15.3. The summed E-state index contributed by atoms with van der Waals surface area (Å²) in [5.41, 5.74) is 0.0363. The Balaban J connectivity index is 1.35. The van der Waals surface area contributed by atoms with Crippen molar-refractivity contribution in [3.05, 3.63) is 65.0 Å². The fraction of sp³-hybridized carbons (Fsp3) is 0.375. The number of carbonyl (C=O) groups is 3. The van der Waals surface area contributed by atoms with Gasteiger partial charge >= 0.3 is 6.03 Å². The number of fused-ring (bicyclic) bond motifs is 1. The molecule has 1 fully saturated rings. The molecule has 3 amide bonds. The highest BCUT2D eigenvalue weighted by Gasteiger charge is 2.47. The second-order valence-corrected chi connectivity index (χ2v) is 8.56. The van der Waals surface area contributed by atoms with Gasteiger partial charge in [-0.15, -0.1) is 0 Å². The van der Waals surface area contributed by atoms with E-state index in [1.807, 2.05) is 0 Å². The number of piperidine rings is 1. The van der Waals surface area contributed by atoms with Crippen molar-refractivity contribution in [3.63, 3.8) is 0 Å². The molecule has 2 aliphatic heterocycles. The van der Waals surface area contributed by atoms with E-state index in [9.17, 15) is 18.8 Å². The molecule has 10 heteroatoms. The molecule has 2 aromatic carbocycles. The maximum atomic E-state index is 15.3. The van der Waals surface area contributed by atoms with Crippen LogP contribution >= 0.6 is 0 Å². The van der Waals surface area contributed by atoms with Crippen LogP contribution in [0.5, 0.6) is 0 Å². The number of likely N-dealkylation sites (tertiary alicyclic amines) is 1. The van der Waals surface area contributed by atoms with Gasteiger partial charge in [0, 0.05) is 38.2 Å². The summed E-state index contributed by atoms with van der Waals surface area (Å²) in [5, 5.41) is 14.6. The van der Waals surface area contributed by atoms with Gasteiger partial charge in [-0.05, 0) is 42.7 Å². The number of amides is 3. The van der Waals surface area contributed by atoms with Crippen LogP contribution in [-0.2, 0) is 6.54 Å². The summed E-state index contributed by atoms with van der Waals surface area (Å²) in [6.07, 6.45) is 0.679. The molecule has 2 heterocycles. The molecule has 1 saturated heterocycles. The summed E-state index contributed by atoms with van der Waals surface area (Å²) in [7, 11) is 0. The number of hydrogen-bond acceptors (Lipinski definition) is 5. The Morgan fingerprint density at radius 3 is 2.56 bits per heavy atom. The van der Waals surface area contributed by atoms with Crippen molar-refractivity contribution < 1.29 is 28.4 Å². The molecule has 0 saturated carbocycles. The van der Waals surface area contributed by atoms with Gasteiger partial charge in [0.2, 0.25) is 0 Å². The largest absolute Gasteiger partial charge is 0.395 e. The van der Waals surface area contributed by atoms with Crippen LogP contribution < -0.4 is 15.8 Å². The first-order valence-electron chi connectivity index (χ1n) is 11.1. The minimum atomic E-state index is -0.962. The standard InChI is InChI=1S/C24H26F2N4O4/c25-19-6-5-16(13-18(19)22(33)27-9-12-31)15-28-23(34)29-10-7-24(8-11-29)14-21(32)17-3-1-2-4-20(17)30(24)26/h1-6,13,31H,7-12,14-15H2,(H,27,33)(H,28,34). The summed E-state index contributed by atoms with van der Waals surface area (Å²) in [5.74, 6) is -1.45. The number of ketones is 1. The zero-order valence-electron chi connectivity index (χ0n) is 18.5. The molecule has 0 bridgehead atoms. The summed E-state index contributed by atoms with van der Waals surface area (Å²) in [6, 6.07) is 10.2. The smallest absolute Gasteiger partial charge is 0.317 e. The van der Waals surface area contributed by atoms with Crippen molar-refractivity contribution in [2.75, 3.05) is 31.4 Å². The molecule has 8 nitrogen and oxygen atoms in total. The summed E-state index contributed by atoms with van der Waals surface area (Å²) >= 11 is 0. The second kappa shape index (κ2) is 9.76. The number of Topliss-reactive ketones (excluding diaryl/α,β-unsaturated/α-hetero) is 1. The van der Waals surface area contributed by atoms with E-state index in [4.69, 9.17) is 5.11 Å². The average Bonchev–Trinajstić information content (AvgIpc) is 2.85. The van der Waals surface area contributed by atoms with E-state index in [1.54, 1.807) is 29.2 Å². The number of anilines is 1. The van der Waals surface area contributed by atoms with Crippen LogP contribution in [0.2, 0.25) is 0 Å². The van der Waals surface area contributed by atoms with Crippen molar-refractivity contribution >= 4 is 23.4 Å². The lowest BCUT2D eigenvalue weighted by Crippen LogP contribution is -2.57. The van der Waals surface area contributed by atoms with Crippen molar-refractivity contribution in [1.82, 2.24) is 15.5 Å². The molecule has 0 aliphatic carbocycles. The third-order valence-corrected chi connectivity index (χ3v) is 6.42. The van der Waals surface area contributed by atoms with Gasteiger partial charge in [-0.3, -0.25) is 9.59 Å². The molecule has 0 aromatic heterocycles. The highest BCUT2D eigenvalue weighted by atomic mass is 19.2. The quantitative estimate of drug-likeness (QED) is 0.581. The highest BCUT2D eigenvalue weighted by Crippen LogP contribution is 2.43. The summed E-state index contributed by atoms with van der Waals surface area (Å²) < 4.78 is 29.3. The van der Waals surface area contributed by atoms with Crippen LogP contribution in [0.3, 0.4) is 0 Å². The molecule has 2 aliphatic rings. The third kappa shape index (κ3) is 4.58. The minimum Gasteiger partial charge on any atom is -0.395 e. The Morgan fingerprint density at radius 2 is 1.82 bits per heavy atom. The number of benzene rings is 2. The lowest BCUT2D eigenvalue weighted by molar-refractivity contribution is 0.0805. The third-order valence-electron chi connectivity index (χ3n) is 6.42. The van der Waals surface area contributed by atoms with Crippen LogP contribution in [0, 0.1) is 5.82 Å². The maximum Gasteiger partial charge on any atom is 0.317 e. The number of carbonyl (C=O) groups excluding carboxylic acids is 3. The first-order valence-corrected chi connectivity index (χ1v) is 11.1. The first kappa shape index (κ1) is 23.6. The molecule has 0 atom stereocenters. The molecule has 3 N–H and O–H groups in total. The molecule has 0 unspecified atom stereocenters. The minimum absolute atomic E-state index is 0.00315. The van der Waals surface area contributed by atoms with E-state index >= 15 is 4.48 Å². The predicted molar refractivity (Wildman–Crippen MR) is 121 cm³/mol. The Hall–Kier alpha value is -3.53. The van der Waals surface area contributed by atoms with Gasteiger partial charge in [0.15, 0.2) is 5.78 Å². The van der Waals surface area contributed by atoms with Gasteiger partial charge < -0.3 is 20.6 Å². The van der Waals surface area contributed by atoms with Crippen LogP contribution in [-0.4, -0.2) is 59.5 Å². The van der Waals surface area contributed by atoms with Gasteiger partial charge in [0.1, 0.15) is 5.82 Å². The van der Waals surface area contributed by atoms with Crippen LogP contribution in [0.4, 0.5) is 19.4 Å². The zero-order valence-corrected chi connectivity index (χ0v) is 18.5. The molecule has 2 aromatic rings. The normalized spacial score (nSPS) is 16.9. The number of urea groups is 1. The first-order chi connectivity index (χ1) is 16.3. The Morgan fingerprint density at radius 1 is 1.09 bits per heavy atom. The van der Waals surface area contributed by atoms with Crippen molar-refractivity contribution in [2.45, 2.75) is 31.3 Å². The van der Waals surface area contributed by atoms with Crippen molar-refractivity contribution in [2.24, 2.45) is 0 Å². The van der Waals surface area contributed by atoms with E-state index in [1.165, 1.54) is 12.1 Å². The molecular formula is C24H26F2N4O4. The van der Waals surface area contributed by atoms with Crippen molar-refractivity contribution in [1.29, 1.82) is 0 Å². The van der Waals surface area contributed by atoms with Gasteiger partial charge in [-0.25, -0.2) is 14.3 Å². The van der Waals surface area contributed by atoms with Gasteiger partial charge in [0.05, 0.1) is 23.4 Å². The van der Waals surface area contributed by atoms with Crippen LogP contribution in [0.1, 0.15) is 45.5 Å². The predicted octanol–water partition coefficient (Wildman–Crippen LogP) is 2.57. The topological polar surface area (TPSA) is 102 Å². The van der Waals surface area contributed by atoms with Crippen LogP contribution in [0.15, 0.2) is 42.5 Å². The van der Waals surface area contributed by atoms with E-state index < -0.39 is 17.3 Å². The molecule has 180 valence electrons. The van der Waals surface area contributed by atoms with E-state index in [-0.39, 0.29) is 62.3 Å². The Kier molecular flexibility index (Phi) is 6.78. The van der Waals surface area contributed by atoms with Crippen LogP contribution in [0.25, 0.3) is 0 Å². The van der Waals surface area contributed by atoms with E-state index in [0.29, 0.717) is 29.1 Å². The molecular weight excluding hydrogens is 446 g/mol. The number of para-hydroxylation sites is 1. The Labute approximate surface area is 195 Å². The number of aliphatic hydroxyl groups is 1. The monoisotopic (exact) mass is 472 g/mol. The number of hydrogen-bond donors (Lipinski definition) is 3. The van der Waals surface area contributed by atoms with E-state index in [2.05, 4.69) is 10.6 Å². The second-order valence-electron chi connectivity index (χ2n) is 8.56. The number of nitrogens with zero attached hydrogens (tertiary/aromatic N) is 2. The summed E-state index contributed by atoms with van der Waals surface area (Å²) in [4.78, 5) is 38.8. The zero-order chi connectivity index (χ0) is 24.3. The average molecular weight is 472 g/mol. The van der Waals surface area contributed by atoms with Crippen molar-refractivity contribution in [3.8, 4) is 0 Å². The molecule has 1 spiro atoms. The number of rotatable bonds is 5. The number of aliphatic hydroxyl groups excluding tert-OH is 1. The van der Waals surface area contributed by atoms with Gasteiger partial charge in [-0.1, -0.05) is 22.7 Å². The number of nitrogens with one attached hydrogen (secondary N) is 2. The van der Waals surface area contributed by atoms with E-state index in [0.717, 1.165) is 6.07 Å². The molecule has 0 radical (unpaired) electrons. The van der Waals surface area contributed by atoms with Gasteiger partial charge in [0.25, 0.3) is 5.91 Å². The highest BCUT2D eigenvalue weighted by molar-refractivity contribution is 6.04. The molecule has 34 heavy (non-hydrogen) atoms. The SMILES string of the molecule is O=C(NCCO)c1cc(CNC(=O)N2CCC3(CC2)CC(=O)c2ccccc2N3F)ccc1F.